The van der Waals surface area contributed by atoms with Crippen molar-refractivity contribution in [3.05, 3.63) is 42.0 Å². The second-order valence-electron chi connectivity index (χ2n) is 6.13. The van der Waals surface area contributed by atoms with Crippen LogP contribution in [-0.2, 0) is 16.0 Å². The second kappa shape index (κ2) is 12.3. The van der Waals surface area contributed by atoms with Crippen molar-refractivity contribution in [1.82, 2.24) is 10.6 Å². The number of ether oxygens (including phenoxy) is 2. The molecule has 0 unspecified atom stereocenters. The first-order valence-corrected chi connectivity index (χ1v) is 9.41. The molecule has 6 nitrogen and oxygen atoms in total. The van der Waals surface area contributed by atoms with Gasteiger partial charge in [0.1, 0.15) is 0 Å². The molecule has 0 bridgehead atoms. The van der Waals surface area contributed by atoms with Crippen molar-refractivity contribution in [2.45, 2.75) is 19.9 Å². The largest absolute Gasteiger partial charge is 0.382 e. The van der Waals surface area contributed by atoms with Gasteiger partial charge in [0, 0.05) is 45.6 Å². The van der Waals surface area contributed by atoms with Crippen LogP contribution < -0.4 is 15.5 Å². The zero-order chi connectivity index (χ0) is 18.5. The van der Waals surface area contributed by atoms with Crippen LogP contribution in [0.2, 0.25) is 0 Å². The first kappa shape index (κ1) is 20.3. The fourth-order valence-corrected chi connectivity index (χ4v) is 2.68. The predicted octanol–water partition coefficient (Wildman–Crippen LogP) is 2.17. The van der Waals surface area contributed by atoms with Crippen LogP contribution in [0.15, 0.2) is 41.4 Å². The number of guanidine groups is 1. The van der Waals surface area contributed by atoms with Crippen LogP contribution in [0.3, 0.4) is 0 Å². The molecule has 6 heteroatoms. The summed E-state index contributed by atoms with van der Waals surface area (Å²) in [5.74, 6) is 0.845. The van der Waals surface area contributed by atoms with E-state index in [1.54, 1.807) is 7.11 Å². The van der Waals surface area contributed by atoms with Crippen LogP contribution in [0.25, 0.3) is 0 Å². The van der Waals surface area contributed by atoms with Gasteiger partial charge in [0.2, 0.25) is 0 Å². The summed E-state index contributed by atoms with van der Waals surface area (Å²) < 4.78 is 10.4. The van der Waals surface area contributed by atoms with Crippen molar-refractivity contribution in [3.8, 4) is 0 Å². The lowest BCUT2D eigenvalue weighted by molar-refractivity contribution is 0.0698. The van der Waals surface area contributed by atoms with Crippen LogP contribution in [0.5, 0.6) is 0 Å². The van der Waals surface area contributed by atoms with E-state index in [1.807, 2.05) is 0 Å². The minimum Gasteiger partial charge on any atom is -0.382 e. The molecule has 144 valence electrons. The minimum atomic E-state index is 0.643. The van der Waals surface area contributed by atoms with Gasteiger partial charge in [0.25, 0.3) is 0 Å². The molecule has 26 heavy (non-hydrogen) atoms. The Hall–Kier alpha value is -2.05. The Kier molecular flexibility index (Phi) is 9.61. The first-order valence-electron chi connectivity index (χ1n) is 9.41. The molecule has 0 saturated carbocycles. The van der Waals surface area contributed by atoms with Gasteiger partial charge in [-0.15, -0.1) is 0 Å². The monoisotopic (exact) mass is 360 g/mol. The van der Waals surface area contributed by atoms with Crippen LogP contribution in [0, 0.1) is 0 Å². The van der Waals surface area contributed by atoms with Gasteiger partial charge < -0.3 is 25.0 Å². The maximum Gasteiger partial charge on any atom is 0.191 e. The average molecular weight is 361 g/mol. The van der Waals surface area contributed by atoms with E-state index in [4.69, 9.17) is 14.5 Å². The van der Waals surface area contributed by atoms with Crippen LogP contribution in [0.1, 0.15) is 18.9 Å². The lowest BCUT2D eigenvalue weighted by Crippen LogP contribution is -2.38. The Balaban J connectivity index is 1.77. The van der Waals surface area contributed by atoms with E-state index in [2.05, 4.69) is 58.9 Å². The smallest absolute Gasteiger partial charge is 0.191 e. The topological polar surface area (TPSA) is 58.1 Å². The van der Waals surface area contributed by atoms with Gasteiger partial charge in [-0.25, -0.2) is 4.99 Å². The highest BCUT2D eigenvalue weighted by molar-refractivity contribution is 5.79. The normalized spacial score (nSPS) is 14.1. The Bertz CT molecular complexity index is 567. The van der Waals surface area contributed by atoms with E-state index in [0.717, 1.165) is 45.2 Å². The van der Waals surface area contributed by atoms with Gasteiger partial charge >= 0.3 is 0 Å². The maximum absolute atomic E-state index is 5.47. The highest BCUT2D eigenvalue weighted by atomic mass is 16.5. The number of hydrogen-bond acceptors (Lipinski definition) is 4. The van der Waals surface area contributed by atoms with Crippen LogP contribution in [0.4, 0.5) is 5.69 Å². The number of aliphatic imine (C=N–C) groups is 1. The first-order chi connectivity index (χ1) is 12.8. The van der Waals surface area contributed by atoms with E-state index in [9.17, 15) is 0 Å². The van der Waals surface area contributed by atoms with Gasteiger partial charge in [-0.05, 0) is 31.0 Å². The molecule has 0 aromatic heterocycles. The number of nitrogens with zero attached hydrogens (tertiary/aromatic N) is 2. The molecule has 0 spiro atoms. The van der Waals surface area contributed by atoms with E-state index < -0.39 is 0 Å². The standard InChI is InChI=1S/C20H32N4O2/c1-3-21-20(22-10-7-13-26-15-14-25-2)23-17-18-8-6-9-19(16-18)24-11-4-5-12-24/h4-6,8-9,16H,3,7,10-15,17H2,1-2H3,(H2,21,22,23). The van der Waals surface area contributed by atoms with E-state index >= 15 is 0 Å². The fraction of sp³-hybridized carbons (Fsp3) is 0.550. The second-order valence-corrected chi connectivity index (χ2v) is 6.13. The predicted molar refractivity (Wildman–Crippen MR) is 108 cm³/mol. The van der Waals surface area contributed by atoms with Crippen LogP contribution in [-0.4, -0.2) is 59.1 Å². The molecular weight excluding hydrogens is 328 g/mol. The van der Waals surface area contributed by atoms with Crippen molar-refractivity contribution >= 4 is 11.6 Å². The van der Waals surface area contributed by atoms with Crippen LogP contribution >= 0.6 is 0 Å². The summed E-state index contributed by atoms with van der Waals surface area (Å²) >= 11 is 0. The molecule has 0 fully saturated rings. The van der Waals surface area contributed by atoms with Gasteiger partial charge in [-0.2, -0.15) is 0 Å². The van der Waals surface area contributed by atoms with Crippen molar-refractivity contribution < 1.29 is 9.47 Å². The third-order valence-corrected chi connectivity index (χ3v) is 4.05. The summed E-state index contributed by atoms with van der Waals surface area (Å²) in [6, 6.07) is 8.62. The summed E-state index contributed by atoms with van der Waals surface area (Å²) in [6.45, 7) is 8.40. The zero-order valence-electron chi connectivity index (χ0n) is 16.0. The summed E-state index contributed by atoms with van der Waals surface area (Å²) in [4.78, 5) is 7.05. The number of anilines is 1. The molecule has 1 aliphatic heterocycles. The molecule has 1 aliphatic rings. The molecule has 0 saturated heterocycles. The Morgan fingerprint density at radius 3 is 2.77 bits per heavy atom. The Labute approximate surface area is 157 Å². The fourth-order valence-electron chi connectivity index (χ4n) is 2.68. The summed E-state index contributed by atoms with van der Waals surface area (Å²) in [5.41, 5.74) is 2.48. The van der Waals surface area contributed by atoms with Gasteiger partial charge in [-0.1, -0.05) is 24.3 Å². The molecule has 1 heterocycles. The molecule has 1 aromatic carbocycles. The Morgan fingerprint density at radius 2 is 2.00 bits per heavy atom. The maximum atomic E-state index is 5.47. The van der Waals surface area contributed by atoms with Gasteiger partial charge in [0.15, 0.2) is 5.96 Å². The third kappa shape index (κ3) is 7.45. The molecule has 0 amide bonds. The van der Waals surface area contributed by atoms with Gasteiger partial charge in [0.05, 0.1) is 19.8 Å². The summed E-state index contributed by atoms with van der Waals surface area (Å²) in [5, 5.41) is 6.65. The number of nitrogens with one attached hydrogen (secondary N) is 2. The number of rotatable bonds is 11. The average Bonchev–Trinajstić information content (AvgIpc) is 3.20. The summed E-state index contributed by atoms with van der Waals surface area (Å²) in [6.07, 6.45) is 5.35. The quantitative estimate of drug-likeness (QED) is 0.274. The third-order valence-electron chi connectivity index (χ3n) is 4.05. The van der Waals surface area contributed by atoms with E-state index in [1.165, 1.54) is 11.3 Å². The van der Waals surface area contributed by atoms with Crippen molar-refractivity contribution in [3.63, 3.8) is 0 Å². The number of methoxy groups -OCH3 is 1. The molecule has 0 radical (unpaired) electrons. The lowest BCUT2D eigenvalue weighted by Gasteiger charge is -2.18. The number of benzene rings is 1. The van der Waals surface area contributed by atoms with Crippen molar-refractivity contribution in [2.75, 3.05) is 58.0 Å². The summed E-state index contributed by atoms with van der Waals surface area (Å²) in [7, 11) is 1.68. The van der Waals surface area contributed by atoms with E-state index in [-0.39, 0.29) is 0 Å². The molecule has 0 aliphatic carbocycles. The molecule has 1 aromatic rings. The van der Waals surface area contributed by atoms with E-state index in [0.29, 0.717) is 19.8 Å². The Morgan fingerprint density at radius 1 is 1.15 bits per heavy atom. The molecule has 2 rings (SSSR count). The minimum absolute atomic E-state index is 0.643. The van der Waals surface area contributed by atoms with Gasteiger partial charge in [-0.3, -0.25) is 0 Å². The molecule has 2 N–H and O–H groups in total. The lowest BCUT2D eigenvalue weighted by atomic mass is 10.2. The van der Waals surface area contributed by atoms with Crippen molar-refractivity contribution in [1.29, 1.82) is 0 Å². The SMILES string of the molecule is CCNC(=NCc1cccc(N2CC=CC2)c1)NCCCOCCOC. The van der Waals surface area contributed by atoms with Crippen molar-refractivity contribution in [2.24, 2.45) is 4.99 Å². The highest BCUT2D eigenvalue weighted by Crippen LogP contribution is 2.18. The zero-order valence-corrected chi connectivity index (χ0v) is 16.0. The highest BCUT2D eigenvalue weighted by Gasteiger charge is 2.07. The molecule has 0 atom stereocenters. The molecular formula is C20H32N4O2. The number of hydrogen-bond donors (Lipinski definition) is 2.